The Morgan fingerprint density at radius 1 is 1.05 bits per heavy atom. The van der Waals surface area contributed by atoms with Crippen LogP contribution < -0.4 is 4.90 Å². The number of non-ortho nitro benzene ring substituents is 1. The highest BCUT2D eigenvalue weighted by molar-refractivity contribution is 7.89. The van der Waals surface area contributed by atoms with Crippen molar-refractivity contribution in [2.45, 2.75) is 37.6 Å². The number of carbonyl (C=O) groups excluding carboxylic acids is 3. The van der Waals surface area contributed by atoms with E-state index in [4.69, 9.17) is 0 Å². The van der Waals surface area contributed by atoms with Crippen molar-refractivity contribution in [1.29, 1.82) is 0 Å². The fourth-order valence-electron chi connectivity index (χ4n) is 5.91. The largest absolute Gasteiger partial charge is 0.364 e. The Bertz CT molecular complexity index is 1490. The molecule has 3 aliphatic heterocycles. The van der Waals surface area contributed by atoms with Crippen molar-refractivity contribution in [3.63, 3.8) is 0 Å². The number of hydrogen-bond donors (Lipinski definition) is 0. The van der Waals surface area contributed by atoms with Crippen molar-refractivity contribution < 1.29 is 27.7 Å². The van der Waals surface area contributed by atoms with Gasteiger partial charge in [-0.05, 0) is 37.1 Å². The van der Waals surface area contributed by atoms with E-state index in [1.807, 2.05) is 6.92 Å². The first-order valence-corrected chi connectivity index (χ1v) is 14.1. The van der Waals surface area contributed by atoms with Crippen LogP contribution in [0.1, 0.15) is 24.5 Å². The van der Waals surface area contributed by atoms with Gasteiger partial charge in [-0.15, -0.1) is 0 Å². The summed E-state index contributed by atoms with van der Waals surface area (Å²) in [6.07, 6.45) is 0.263. The van der Waals surface area contributed by atoms with E-state index in [0.717, 1.165) is 15.4 Å². The van der Waals surface area contributed by atoms with Crippen molar-refractivity contribution >= 4 is 39.2 Å². The van der Waals surface area contributed by atoms with Gasteiger partial charge >= 0.3 is 6.03 Å². The molecule has 4 amide bonds. The normalized spacial score (nSPS) is 23.7. The molecule has 0 aliphatic carbocycles. The molecule has 13 heteroatoms. The monoisotopic (exact) mass is 555 g/mol. The zero-order valence-electron chi connectivity index (χ0n) is 21.9. The average Bonchev–Trinajstić information content (AvgIpc) is 2.92. The number of sulfonamides is 1. The van der Waals surface area contributed by atoms with E-state index < -0.39 is 44.2 Å². The van der Waals surface area contributed by atoms with E-state index >= 15 is 0 Å². The fourth-order valence-corrected chi connectivity index (χ4v) is 7.35. The number of amides is 4. The Morgan fingerprint density at radius 3 is 2.38 bits per heavy atom. The van der Waals surface area contributed by atoms with Gasteiger partial charge in [0.25, 0.3) is 5.69 Å². The van der Waals surface area contributed by atoms with Crippen LogP contribution >= 0.6 is 0 Å². The maximum Gasteiger partial charge on any atom is 0.333 e. The molecule has 2 fully saturated rings. The van der Waals surface area contributed by atoms with Crippen molar-refractivity contribution in [3.8, 4) is 0 Å². The first kappa shape index (κ1) is 26.8. The Labute approximate surface area is 226 Å². The Kier molecular flexibility index (Phi) is 6.46. The van der Waals surface area contributed by atoms with Gasteiger partial charge in [-0.3, -0.25) is 29.5 Å². The van der Waals surface area contributed by atoms with Crippen LogP contribution in [0.25, 0.3) is 0 Å². The zero-order valence-corrected chi connectivity index (χ0v) is 22.7. The second-order valence-electron chi connectivity index (χ2n) is 10.2. The molecular formula is C26H29N5O7S. The van der Waals surface area contributed by atoms with Gasteiger partial charge in [-0.2, -0.15) is 4.31 Å². The third kappa shape index (κ3) is 3.98. The zero-order chi connectivity index (χ0) is 28.3. The molecule has 206 valence electrons. The molecule has 3 heterocycles. The molecule has 0 unspecified atom stereocenters. The molecular weight excluding hydrogens is 526 g/mol. The number of hydrogen-bond acceptors (Lipinski definition) is 8. The summed E-state index contributed by atoms with van der Waals surface area (Å²) in [6.45, 7) is 3.78. The van der Waals surface area contributed by atoms with Gasteiger partial charge in [-0.1, -0.05) is 24.6 Å². The number of benzene rings is 2. The maximum absolute atomic E-state index is 14.1. The fraction of sp³-hybridized carbons (Fsp3) is 0.423. The number of anilines is 1. The minimum atomic E-state index is -3.96. The van der Waals surface area contributed by atoms with Gasteiger partial charge in [0.05, 0.1) is 15.9 Å². The third-order valence-electron chi connectivity index (χ3n) is 7.90. The molecule has 0 bridgehead atoms. The number of urea groups is 1. The van der Waals surface area contributed by atoms with Crippen LogP contribution in [0.4, 0.5) is 16.2 Å². The third-order valence-corrected chi connectivity index (χ3v) is 9.78. The molecule has 39 heavy (non-hydrogen) atoms. The lowest BCUT2D eigenvalue weighted by Gasteiger charge is -2.56. The molecule has 2 saturated heterocycles. The Balaban J connectivity index is 1.66. The lowest BCUT2D eigenvalue weighted by Crippen LogP contribution is -2.75. The van der Waals surface area contributed by atoms with E-state index in [2.05, 4.69) is 0 Å². The topological polar surface area (TPSA) is 141 Å². The van der Waals surface area contributed by atoms with Crippen molar-refractivity contribution in [2.24, 2.45) is 5.41 Å². The van der Waals surface area contributed by atoms with Crippen LogP contribution in [-0.4, -0.2) is 84.6 Å². The number of piperazine rings is 1. The number of carbonyl (C=O) groups is 3. The van der Waals surface area contributed by atoms with Crippen molar-refractivity contribution in [2.75, 3.05) is 38.1 Å². The molecule has 1 spiro atoms. The highest BCUT2D eigenvalue weighted by Crippen LogP contribution is 2.48. The van der Waals surface area contributed by atoms with Gasteiger partial charge in [0.1, 0.15) is 0 Å². The summed E-state index contributed by atoms with van der Waals surface area (Å²) in [5.41, 5.74) is -0.102. The second kappa shape index (κ2) is 9.42. The summed E-state index contributed by atoms with van der Waals surface area (Å²) in [5.74, 6) is -1.45. The molecule has 2 atom stereocenters. The van der Waals surface area contributed by atoms with Crippen LogP contribution in [0.5, 0.6) is 0 Å². The van der Waals surface area contributed by atoms with E-state index in [-0.39, 0.29) is 43.2 Å². The molecule has 5 rings (SSSR count). The van der Waals surface area contributed by atoms with Crippen molar-refractivity contribution in [3.05, 3.63) is 63.7 Å². The molecule has 0 saturated carbocycles. The summed E-state index contributed by atoms with van der Waals surface area (Å²) in [7, 11) is -2.66. The highest BCUT2D eigenvalue weighted by Gasteiger charge is 2.64. The quantitative estimate of drug-likeness (QED) is 0.310. The predicted molar refractivity (Wildman–Crippen MR) is 140 cm³/mol. The first-order chi connectivity index (χ1) is 18.4. The van der Waals surface area contributed by atoms with Gasteiger partial charge in [0, 0.05) is 57.5 Å². The number of nitro benzene ring substituents is 1. The Morgan fingerprint density at radius 2 is 1.74 bits per heavy atom. The predicted octanol–water partition coefficient (Wildman–Crippen LogP) is 2.16. The molecule has 2 aromatic carbocycles. The van der Waals surface area contributed by atoms with E-state index in [0.29, 0.717) is 17.7 Å². The number of rotatable bonds is 5. The second-order valence-corrected chi connectivity index (χ2v) is 12.1. The number of nitro groups is 1. The maximum atomic E-state index is 14.1. The highest BCUT2D eigenvalue weighted by atomic mass is 32.2. The Hall–Kier alpha value is -3.84. The van der Waals surface area contributed by atoms with Gasteiger partial charge in [-0.25, -0.2) is 13.2 Å². The standard InChI is InChI=1S/C26H29N5O7S/c1-4-11-30-24(33)26(23(32)27(3)25(30)34)15-18-14-19(31(35)36)7-10-21(18)29-13-12-28(16-22(26)29)39(37,38)20-8-5-17(2)6-9-20/h5-10,14,22H,4,11-13,15-16H2,1-3H3/t22-,26+/m1/s1. The minimum absolute atomic E-state index is 0.0784. The lowest BCUT2D eigenvalue weighted by atomic mass is 9.67. The van der Waals surface area contributed by atoms with E-state index in [1.54, 1.807) is 30.0 Å². The molecule has 0 aromatic heterocycles. The summed E-state index contributed by atoms with van der Waals surface area (Å²) in [5, 5.41) is 11.5. The molecule has 0 radical (unpaired) electrons. The number of nitrogens with zero attached hydrogens (tertiary/aromatic N) is 5. The van der Waals surface area contributed by atoms with Crippen LogP contribution in [0.15, 0.2) is 47.4 Å². The van der Waals surface area contributed by atoms with Gasteiger partial charge < -0.3 is 4.90 Å². The SMILES string of the molecule is CCCN1C(=O)N(C)C(=O)[C@@]2(Cc3cc([N+](=O)[O-])ccc3N3CCN(S(=O)(=O)c4ccc(C)cc4)C[C@@H]32)C1=O. The number of aryl methyl sites for hydroxylation is 1. The van der Waals surface area contributed by atoms with Crippen LogP contribution in [0.3, 0.4) is 0 Å². The summed E-state index contributed by atoms with van der Waals surface area (Å²) >= 11 is 0. The first-order valence-electron chi connectivity index (χ1n) is 12.7. The summed E-state index contributed by atoms with van der Waals surface area (Å²) in [6, 6.07) is 9.05. The lowest BCUT2D eigenvalue weighted by molar-refractivity contribution is -0.384. The smallest absolute Gasteiger partial charge is 0.333 e. The van der Waals surface area contributed by atoms with Crippen LogP contribution in [-0.2, 0) is 26.0 Å². The summed E-state index contributed by atoms with van der Waals surface area (Å²) in [4.78, 5) is 55.9. The average molecular weight is 556 g/mol. The number of fused-ring (bicyclic) bond motifs is 4. The van der Waals surface area contributed by atoms with Crippen molar-refractivity contribution in [1.82, 2.24) is 14.1 Å². The van der Waals surface area contributed by atoms with Crippen LogP contribution in [0.2, 0.25) is 0 Å². The van der Waals surface area contributed by atoms with E-state index in [9.17, 15) is 32.9 Å². The number of imide groups is 2. The molecule has 12 nitrogen and oxygen atoms in total. The summed E-state index contributed by atoms with van der Waals surface area (Å²) < 4.78 is 28.6. The van der Waals surface area contributed by atoms with E-state index in [1.165, 1.54) is 35.6 Å². The molecule has 2 aromatic rings. The number of barbiturate groups is 1. The molecule has 0 N–H and O–H groups in total. The van der Waals surface area contributed by atoms with Crippen LogP contribution in [0, 0.1) is 22.5 Å². The van der Waals surface area contributed by atoms with Gasteiger partial charge in [0.2, 0.25) is 21.8 Å². The van der Waals surface area contributed by atoms with Gasteiger partial charge in [0.15, 0.2) is 5.41 Å². The molecule has 3 aliphatic rings. The minimum Gasteiger partial charge on any atom is -0.364 e.